The van der Waals surface area contributed by atoms with Crippen molar-refractivity contribution in [2.24, 2.45) is 0 Å². The molecule has 88 valence electrons. The van der Waals surface area contributed by atoms with Crippen LogP contribution in [0.15, 0.2) is 10.7 Å². The predicted molar refractivity (Wildman–Crippen MR) is 61.3 cm³/mol. The minimum atomic E-state index is 0.417. The molecule has 3 rings (SSSR count). The lowest BCUT2D eigenvalue weighted by Crippen LogP contribution is -2.27. The van der Waals surface area contributed by atoms with Crippen molar-refractivity contribution in [1.29, 1.82) is 0 Å². The number of oxazole rings is 1. The minimum Gasteiger partial charge on any atom is -0.448 e. The molecule has 2 fully saturated rings. The molecular weight excluding hydrogens is 202 g/mol. The van der Waals surface area contributed by atoms with E-state index in [4.69, 9.17) is 4.42 Å². The van der Waals surface area contributed by atoms with Gasteiger partial charge in [-0.3, -0.25) is 0 Å². The van der Waals surface area contributed by atoms with Crippen molar-refractivity contribution < 1.29 is 4.42 Å². The molecule has 1 aromatic heterocycles. The van der Waals surface area contributed by atoms with Crippen molar-refractivity contribution in [3.05, 3.63) is 17.8 Å². The first-order chi connectivity index (χ1) is 7.93. The van der Waals surface area contributed by atoms with Gasteiger partial charge in [-0.25, -0.2) is 4.98 Å². The zero-order valence-corrected chi connectivity index (χ0v) is 9.54. The third-order valence-electron chi connectivity index (χ3n) is 3.62. The van der Waals surface area contributed by atoms with Gasteiger partial charge >= 0.3 is 0 Å². The summed E-state index contributed by atoms with van der Waals surface area (Å²) in [6.07, 6.45) is 6.77. The van der Waals surface area contributed by atoms with E-state index < -0.39 is 0 Å². The maximum Gasteiger partial charge on any atom is 0.198 e. The number of hydrogen-bond acceptors (Lipinski definition) is 4. The number of nitrogens with zero attached hydrogens (tertiary/aromatic N) is 1. The number of piperidine rings is 1. The Morgan fingerprint density at radius 1 is 1.25 bits per heavy atom. The van der Waals surface area contributed by atoms with Crippen LogP contribution in [0.25, 0.3) is 0 Å². The summed E-state index contributed by atoms with van der Waals surface area (Å²) in [5.74, 6) is 1.41. The molecule has 4 heteroatoms. The Balaban J connectivity index is 1.71. The Labute approximate surface area is 95.8 Å². The molecule has 2 saturated heterocycles. The van der Waals surface area contributed by atoms with Crippen LogP contribution < -0.4 is 10.6 Å². The summed E-state index contributed by atoms with van der Waals surface area (Å²) in [4.78, 5) is 4.65. The molecule has 0 saturated carbocycles. The van der Waals surface area contributed by atoms with Gasteiger partial charge in [0.15, 0.2) is 5.89 Å². The third-order valence-corrected chi connectivity index (χ3v) is 3.62. The standard InChI is InChI=1S/C12H19N3O/c1-2-5-14-10(3-1)11-8-16-12(15-11)9-4-6-13-7-9/h8-10,13-14H,1-7H2. The number of hydrogen-bond donors (Lipinski definition) is 2. The Hall–Kier alpha value is -0.870. The fourth-order valence-corrected chi connectivity index (χ4v) is 2.62. The lowest BCUT2D eigenvalue weighted by atomic mass is 10.0. The van der Waals surface area contributed by atoms with E-state index in [0.29, 0.717) is 12.0 Å². The average molecular weight is 221 g/mol. The van der Waals surface area contributed by atoms with Crippen molar-refractivity contribution in [1.82, 2.24) is 15.6 Å². The number of nitrogens with one attached hydrogen (secondary N) is 2. The van der Waals surface area contributed by atoms with Gasteiger partial charge in [0.1, 0.15) is 6.26 Å². The molecule has 0 amide bonds. The molecule has 0 radical (unpaired) electrons. The van der Waals surface area contributed by atoms with Crippen LogP contribution in [0, 0.1) is 0 Å². The molecule has 4 nitrogen and oxygen atoms in total. The summed E-state index contributed by atoms with van der Waals surface area (Å²) in [5.41, 5.74) is 1.10. The fourth-order valence-electron chi connectivity index (χ4n) is 2.62. The smallest absolute Gasteiger partial charge is 0.198 e. The average Bonchev–Trinajstić information content (AvgIpc) is 3.01. The van der Waals surface area contributed by atoms with Crippen LogP contribution in [0.5, 0.6) is 0 Å². The summed E-state index contributed by atoms with van der Waals surface area (Å²) in [6, 6.07) is 0.417. The van der Waals surface area contributed by atoms with Crippen molar-refractivity contribution >= 4 is 0 Å². The quantitative estimate of drug-likeness (QED) is 0.796. The highest BCUT2D eigenvalue weighted by Crippen LogP contribution is 2.26. The van der Waals surface area contributed by atoms with Gasteiger partial charge < -0.3 is 15.1 Å². The van der Waals surface area contributed by atoms with Gasteiger partial charge in [-0.15, -0.1) is 0 Å². The molecule has 0 bridgehead atoms. The maximum atomic E-state index is 5.61. The van der Waals surface area contributed by atoms with Crippen molar-refractivity contribution in [3.8, 4) is 0 Å². The second kappa shape index (κ2) is 4.55. The van der Waals surface area contributed by atoms with Crippen LogP contribution in [0.4, 0.5) is 0 Å². The topological polar surface area (TPSA) is 50.1 Å². The largest absolute Gasteiger partial charge is 0.448 e. The van der Waals surface area contributed by atoms with Crippen LogP contribution in [0.3, 0.4) is 0 Å². The molecule has 2 atom stereocenters. The molecule has 1 aromatic rings. The molecule has 2 N–H and O–H groups in total. The molecule has 0 aromatic carbocycles. The SMILES string of the molecule is c1oc(C2CCNC2)nc1C1CCCCN1. The second-order valence-corrected chi connectivity index (χ2v) is 4.80. The van der Waals surface area contributed by atoms with Gasteiger partial charge in [0, 0.05) is 12.5 Å². The van der Waals surface area contributed by atoms with Gasteiger partial charge in [0.25, 0.3) is 0 Å². The van der Waals surface area contributed by atoms with Gasteiger partial charge in [-0.2, -0.15) is 0 Å². The first-order valence-corrected chi connectivity index (χ1v) is 6.33. The van der Waals surface area contributed by atoms with Gasteiger partial charge in [0.2, 0.25) is 0 Å². The molecule has 3 heterocycles. The molecular formula is C12H19N3O. The Kier molecular flexibility index (Phi) is 2.93. The Morgan fingerprint density at radius 3 is 3.00 bits per heavy atom. The first kappa shape index (κ1) is 10.3. The Bertz CT molecular complexity index is 338. The molecule has 2 aliphatic heterocycles. The third kappa shape index (κ3) is 1.99. The summed E-state index contributed by atoms with van der Waals surface area (Å²) in [6.45, 7) is 3.21. The van der Waals surface area contributed by atoms with E-state index >= 15 is 0 Å². The van der Waals surface area contributed by atoms with Crippen molar-refractivity contribution in [3.63, 3.8) is 0 Å². The van der Waals surface area contributed by atoms with E-state index in [1.807, 2.05) is 6.26 Å². The van der Waals surface area contributed by atoms with Gasteiger partial charge in [-0.05, 0) is 32.4 Å². The molecule has 2 aliphatic rings. The summed E-state index contributed by atoms with van der Waals surface area (Å²) in [7, 11) is 0. The summed E-state index contributed by atoms with van der Waals surface area (Å²) in [5, 5.41) is 6.85. The number of aromatic nitrogens is 1. The lowest BCUT2D eigenvalue weighted by molar-refractivity contribution is 0.404. The first-order valence-electron chi connectivity index (χ1n) is 6.33. The van der Waals surface area contributed by atoms with E-state index in [1.165, 1.54) is 19.3 Å². The zero-order chi connectivity index (χ0) is 10.8. The molecule has 0 aliphatic carbocycles. The van der Waals surface area contributed by atoms with E-state index in [9.17, 15) is 0 Å². The second-order valence-electron chi connectivity index (χ2n) is 4.80. The van der Waals surface area contributed by atoms with E-state index in [-0.39, 0.29) is 0 Å². The maximum absolute atomic E-state index is 5.61. The summed E-state index contributed by atoms with van der Waals surface area (Å²) < 4.78 is 5.61. The minimum absolute atomic E-state index is 0.417. The number of rotatable bonds is 2. The monoisotopic (exact) mass is 221 g/mol. The van der Waals surface area contributed by atoms with Crippen LogP contribution in [-0.4, -0.2) is 24.6 Å². The van der Waals surface area contributed by atoms with Crippen molar-refractivity contribution in [2.75, 3.05) is 19.6 Å². The molecule has 16 heavy (non-hydrogen) atoms. The highest BCUT2D eigenvalue weighted by molar-refractivity contribution is 5.08. The van der Waals surface area contributed by atoms with Crippen LogP contribution in [0.1, 0.15) is 49.2 Å². The normalized spacial score (nSPS) is 30.8. The van der Waals surface area contributed by atoms with Crippen LogP contribution in [0.2, 0.25) is 0 Å². The lowest BCUT2D eigenvalue weighted by Gasteiger charge is -2.21. The van der Waals surface area contributed by atoms with Gasteiger partial charge in [0.05, 0.1) is 11.7 Å². The van der Waals surface area contributed by atoms with Crippen LogP contribution >= 0.6 is 0 Å². The van der Waals surface area contributed by atoms with Crippen molar-refractivity contribution in [2.45, 2.75) is 37.6 Å². The highest BCUT2D eigenvalue weighted by atomic mass is 16.3. The predicted octanol–water partition coefficient (Wildman–Crippen LogP) is 1.57. The zero-order valence-electron chi connectivity index (χ0n) is 9.54. The molecule has 2 unspecified atom stereocenters. The van der Waals surface area contributed by atoms with E-state index in [0.717, 1.165) is 37.6 Å². The van der Waals surface area contributed by atoms with E-state index in [1.54, 1.807) is 0 Å². The van der Waals surface area contributed by atoms with E-state index in [2.05, 4.69) is 15.6 Å². The Morgan fingerprint density at radius 2 is 2.25 bits per heavy atom. The highest BCUT2D eigenvalue weighted by Gasteiger charge is 2.24. The van der Waals surface area contributed by atoms with Crippen LogP contribution in [-0.2, 0) is 0 Å². The fraction of sp³-hybridized carbons (Fsp3) is 0.750. The summed E-state index contributed by atoms with van der Waals surface area (Å²) >= 11 is 0. The van der Waals surface area contributed by atoms with Gasteiger partial charge in [-0.1, -0.05) is 6.42 Å². The molecule has 0 spiro atoms.